The van der Waals surface area contributed by atoms with E-state index in [0.29, 0.717) is 17.1 Å². The first-order valence-corrected chi connectivity index (χ1v) is 7.42. The van der Waals surface area contributed by atoms with E-state index in [4.69, 9.17) is 0 Å². The summed E-state index contributed by atoms with van der Waals surface area (Å²) in [5, 5.41) is 10.5. The second-order valence-corrected chi connectivity index (χ2v) is 6.02. The number of hydrogen-bond acceptors (Lipinski definition) is 3. The molecule has 1 aliphatic rings. The maximum Gasteiger partial charge on any atom is 0.320 e. The van der Waals surface area contributed by atoms with Crippen molar-refractivity contribution in [2.75, 3.05) is 11.1 Å². The van der Waals surface area contributed by atoms with Crippen molar-refractivity contribution in [1.82, 2.24) is 15.1 Å². The number of nitrogens with zero attached hydrogens (tertiary/aromatic N) is 2. The molecule has 0 aliphatic heterocycles. The Balaban J connectivity index is 1.83. The third kappa shape index (κ3) is 3.41. The fourth-order valence-electron chi connectivity index (χ4n) is 2.31. The Labute approximate surface area is 112 Å². The van der Waals surface area contributed by atoms with E-state index in [1.165, 1.54) is 12.8 Å². The highest BCUT2D eigenvalue weighted by Gasteiger charge is 2.28. The summed E-state index contributed by atoms with van der Waals surface area (Å²) in [5.41, 5.74) is 0. The molecule has 0 bridgehead atoms. The number of hydrogen-bond donors (Lipinski definition) is 2. The zero-order valence-corrected chi connectivity index (χ0v) is 11.7. The van der Waals surface area contributed by atoms with Crippen LogP contribution < -0.4 is 10.6 Å². The van der Waals surface area contributed by atoms with Crippen molar-refractivity contribution in [3.63, 3.8) is 0 Å². The Morgan fingerprint density at radius 2 is 2.44 bits per heavy atom. The van der Waals surface area contributed by atoms with E-state index < -0.39 is 0 Å². The van der Waals surface area contributed by atoms with Crippen LogP contribution in [0.1, 0.15) is 26.2 Å². The molecule has 1 aromatic rings. The summed E-state index contributed by atoms with van der Waals surface area (Å²) >= 11 is 1.94. The van der Waals surface area contributed by atoms with Crippen LogP contribution in [0.25, 0.3) is 0 Å². The molecule has 2 rings (SSSR count). The lowest BCUT2D eigenvalue weighted by atomic mass is 10.2. The standard InChI is InChI=1S/C12H20N4OS/c1-3-18-10-6-4-5-9(10)13-12(17)14-11-7-8-16(2)15-11/h7-10H,3-6H2,1-2H3,(H2,13,14,15,17)/t9-,10-/m0/s1. The monoisotopic (exact) mass is 268 g/mol. The normalized spacial score (nSPS) is 23.0. The maximum absolute atomic E-state index is 11.8. The lowest BCUT2D eigenvalue weighted by Crippen LogP contribution is -2.41. The minimum Gasteiger partial charge on any atom is -0.334 e. The third-order valence-electron chi connectivity index (χ3n) is 3.11. The molecular weight excluding hydrogens is 248 g/mol. The van der Waals surface area contributed by atoms with E-state index in [-0.39, 0.29) is 6.03 Å². The largest absolute Gasteiger partial charge is 0.334 e. The topological polar surface area (TPSA) is 59.0 Å². The van der Waals surface area contributed by atoms with Gasteiger partial charge in [0, 0.05) is 30.6 Å². The van der Waals surface area contributed by atoms with Crippen molar-refractivity contribution in [2.45, 2.75) is 37.5 Å². The molecule has 0 radical (unpaired) electrons. The smallest absolute Gasteiger partial charge is 0.320 e. The molecule has 2 atom stereocenters. The van der Waals surface area contributed by atoms with Gasteiger partial charge >= 0.3 is 6.03 Å². The van der Waals surface area contributed by atoms with Crippen LogP contribution in [0.15, 0.2) is 12.3 Å². The Bertz CT molecular complexity index is 407. The first-order valence-electron chi connectivity index (χ1n) is 6.38. The Morgan fingerprint density at radius 1 is 1.61 bits per heavy atom. The van der Waals surface area contributed by atoms with Crippen LogP contribution in [0.5, 0.6) is 0 Å². The van der Waals surface area contributed by atoms with E-state index in [9.17, 15) is 4.79 Å². The molecule has 5 nitrogen and oxygen atoms in total. The number of nitrogens with one attached hydrogen (secondary N) is 2. The fourth-order valence-corrected chi connectivity index (χ4v) is 3.51. The number of urea groups is 1. The summed E-state index contributed by atoms with van der Waals surface area (Å²) in [5.74, 6) is 1.69. The van der Waals surface area contributed by atoms with Gasteiger partial charge in [0.15, 0.2) is 5.82 Å². The zero-order valence-electron chi connectivity index (χ0n) is 10.8. The second kappa shape index (κ2) is 6.13. The molecule has 1 saturated carbocycles. The summed E-state index contributed by atoms with van der Waals surface area (Å²) < 4.78 is 1.67. The average Bonchev–Trinajstić information content (AvgIpc) is 2.90. The number of rotatable bonds is 4. The Kier molecular flexibility index (Phi) is 4.52. The predicted octanol–water partition coefficient (Wildman–Crippen LogP) is 2.22. The third-order valence-corrected chi connectivity index (χ3v) is 4.43. The fraction of sp³-hybridized carbons (Fsp3) is 0.667. The average molecular weight is 268 g/mol. The molecule has 6 heteroatoms. The van der Waals surface area contributed by atoms with Gasteiger partial charge in [-0.2, -0.15) is 16.9 Å². The van der Waals surface area contributed by atoms with E-state index in [1.807, 2.05) is 18.8 Å². The van der Waals surface area contributed by atoms with Gasteiger partial charge in [-0.3, -0.25) is 10.00 Å². The second-order valence-electron chi connectivity index (χ2n) is 4.50. The van der Waals surface area contributed by atoms with Crippen LogP contribution in [0.2, 0.25) is 0 Å². The van der Waals surface area contributed by atoms with Crippen molar-refractivity contribution >= 4 is 23.6 Å². The first-order chi connectivity index (χ1) is 8.69. The highest BCUT2D eigenvalue weighted by Crippen LogP contribution is 2.29. The van der Waals surface area contributed by atoms with Gasteiger partial charge in [0.25, 0.3) is 0 Å². The Hall–Kier alpha value is -1.17. The molecule has 1 fully saturated rings. The number of anilines is 1. The van der Waals surface area contributed by atoms with Crippen molar-refractivity contribution < 1.29 is 4.79 Å². The highest BCUT2D eigenvalue weighted by atomic mass is 32.2. The van der Waals surface area contributed by atoms with Crippen LogP contribution >= 0.6 is 11.8 Å². The quantitative estimate of drug-likeness (QED) is 0.880. The van der Waals surface area contributed by atoms with Crippen molar-refractivity contribution in [1.29, 1.82) is 0 Å². The molecule has 2 amide bonds. The minimum absolute atomic E-state index is 0.151. The van der Waals surface area contributed by atoms with Crippen LogP contribution in [0.3, 0.4) is 0 Å². The minimum atomic E-state index is -0.151. The lowest BCUT2D eigenvalue weighted by molar-refractivity contribution is 0.248. The molecule has 1 heterocycles. The van der Waals surface area contributed by atoms with Gasteiger partial charge in [-0.1, -0.05) is 13.3 Å². The van der Waals surface area contributed by atoms with Gasteiger partial charge in [-0.25, -0.2) is 4.79 Å². The van der Waals surface area contributed by atoms with Gasteiger partial charge in [0.05, 0.1) is 0 Å². The van der Waals surface area contributed by atoms with E-state index in [0.717, 1.165) is 12.2 Å². The van der Waals surface area contributed by atoms with Crippen LogP contribution in [0.4, 0.5) is 10.6 Å². The predicted molar refractivity (Wildman–Crippen MR) is 74.9 cm³/mol. The van der Waals surface area contributed by atoms with Crippen molar-refractivity contribution in [3.05, 3.63) is 12.3 Å². The lowest BCUT2D eigenvalue weighted by Gasteiger charge is -2.19. The van der Waals surface area contributed by atoms with E-state index in [1.54, 1.807) is 16.9 Å². The molecule has 100 valence electrons. The molecule has 18 heavy (non-hydrogen) atoms. The SMILES string of the molecule is CCS[C@H]1CCC[C@@H]1NC(=O)Nc1ccn(C)n1. The molecule has 1 aliphatic carbocycles. The number of aromatic nitrogens is 2. The number of carbonyl (C=O) groups excluding carboxylic acids is 1. The van der Waals surface area contributed by atoms with Gasteiger partial charge < -0.3 is 5.32 Å². The van der Waals surface area contributed by atoms with Crippen LogP contribution in [-0.2, 0) is 7.05 Å². The molecule has 0 saturated heterocycles. The first kappa shape index (κ1) is 13.3. The van der Waals surface area contributed by atoms with Crippen LogP contribution in [0, 0.1) is 0 Å². The number of aryl methyl sites for hydroxylation is 1. The number of amides is 2. The van der Waals surface area contributed by atoms with Crippen LogP contribution in [-0.4, -0.2) is 32.9 Å². The highest BCUT2D eigenvalue weighted by molar-refractivity contribution is 7.99. The summed E-state index contributed by atoms with van der Waals surface area (Å²) in [7, 11) is 1.83. The number of thioether (sulfide) groups is 1. The maximum atomic E-state index is 11.8. The van der Waals surface area contributed by atoms with Gasteiger partial charge in [0.2, 0.25) is 0 Å². The summed E-state index contributed by atoms with van der Waals surface area (Å²) in [6.07, 6.45) is 5.29. The Morgan fingerprint density at radius 3 is 3.11 bits per heavy atom. The summed E-state index contributed by atoms with van der Waals surface area (Å²) in [6.45, 7) is 2.16. The molecular formula is C12H20N4OS. The molecule has 1 aromatic heterocycles. The van der Waals surface area contributed by atoms with Gasteiger partial charge in [-0.05, 0) is 18.6 Å². The van der Waals surface area contributed by atoms with Crippen molar-refractivity contribution in [3.8, 4) is 0 Å². The molecule has 0 unspecified atom stereocenters. The van der Waals surface area contributed by atoms with E-state index in [2.05, 4.69) is 22.7 Å². The summed E-state index contributed by atoms with van der Waals surface area (Å²) in [6, 6.07) is 1.92. The molecule has 0 aromatic carbocycles. The number of carbonyl (C=O) groups is 1. The van der Waals surface area contributed by atoms with Gasteiger partial charge in [-0.15, -0.1) is 0 Å². The molecule has 2 N–H and O–H groups in total. The van der Waals surface area contributed by atoms with Crippen molar-refractivity contribution in [2.24, 2.45) is 7.05 Å². The molecule has 0 spiro atoms. The van der Waals surface area contributed by atoms with Gasteiger partial charge in [0.1, 0.15) is 0 Å². The van der Waals surface area contributed by atoms with E-state index >= 15 is 0 Å². The zero-order chi connectivity index (χ0) is 13.0. The summed E-state index contributed by atoms with van der Waals surface area (Å²) in [4.78, 5) is 11.8.